The molecule has 5 rings (SSSR count). The van der Waals surface area contributed by atoms with Gasteiger partial charge in [0.25, 0.3) is 0 Å². The van der Waals surface area contributed by atoms with E-state index >= 15 is 0 Å². The zero-order chi connectivity index (χ0) is 19.6. The van der Waals surface area contributed by atoms with Crippen LogP contribution in [0.3, 0.4) is 0 Å². The second-order valence-electron chi connectivity index (χ2n) is 7.16. The number of hydrogen-bond acceptors (Lipinski definition) is 7. The molecule has 1 amide bonds. The lowest BCUT2D eigenvalue weighted by Crippen LogP contribution is -2.48. The first kappa shape index (κ1) is 18.6. The molecule has 1 fully saturated rings. The molecular weight excluding hydrogens is 402 g/mol. The molecule has 29 heavy (non-hydrogen) atoms. The molecule has 8 heteroatoms. The number of nitrogens with one attached hydrogen (secondary N) is 1. The second kappa shape index (κ2) is 8.16. The number of para-hydroxylation sites is 2. The highest BCUT2D eigenvalue weighted by molar-refractivity contribution is 7.22. The Hall–Kier alpha value is -2.39. The van der Waals surface area contributed by atoms with Crippen molar-refractivity contribution in [2.24, 2.45) is 0 Å². The summed E-state index contributed by atoms with van der Waals surface area (Å²) in [6, 6.07) is 16.2. The van der Waals surface area contributed by atoms with Gasteiger partial charge < -0.3 is 5.32 Å². The van der Waals surface area contributed by atoms with Gasteiger partial charge in [-0.15, -0.1) is 11.3 Å². The molecule has 4 aromatic rings. The van der Waals surface area contributed by atoms with E-state index in [4.69, 9.17) is 4.98 Å². The lowest BCUT2D eigenvalue weighted by Gasteiger charge is -2.33. The minimum Gasteiger partial charge on any atom is -0.301 e. The summed E-state index contributed by atoms with van der Waals surface area (Å²) in [7, 11) is 0. The fourth-order valence-corrected chi connectivity index (χ4v) is 5.46. The number of piperazine rings is 1. The van der Waals surface area contributed by atoms with Gasteiger partial charge >= 0.3 is 0 Å². The number of benzene rings is 2. The van der Waals surface area contributed by atoms with E-state index in [2.05, 4.69) is 38.3 Å². The summed E-state index contributed by atoms with van der Waals surface area (Å²) in [6.45, 7) is 4.96. The number of aromatic nitrogens is 2. The van der Waals surface area contributed by atoms with Crippen molar-refractivity contribution in [3.05, 3.63) is 53.5 Å². The van der Waals surface area contributed by atoms with E-state index in [1.54, 1.807) is 11.3 Å². The van der Waals surface area contributed by atoms with E-state index in [1.807, 2.05) is 30.3 Å². The predicted octanol–water partition coefficient (Wildman–Crippen LogP) is 3.66. The van der Waals surface area contributed by atoms with Crippen LogP contribution < -0.4 is 5.32 Å². The van der Waals surface area contributed by atoms with Gasteiger partial charge in [-0.25, -0.2) is 9.97 Å². The highest BCUT2D eigenvalue weighted by Gasteiger charge is 2.20. The zero-order valence-corrected chi connectivity index (χ0v) is 17.5. The van der Waals surface area contributed by atoms with Gasteiger partial charge in [0.05, 0.1) is 33.5 Å². The minimum absolute atomic E-state index is 0.00341. The SMILES string of the molecule is O=C(CN1CCN(Cc2nc3ccccc3s2)CC1)Nc1nc2ccccc2s1. The Labute approximate surface area is 176 Å². The highest BCUT2D eigenvalue weighted by Crippen LogP contribution is 2.25. The third kappa shape index (κ3) is 4.30. The van der Waals surface area contributed by atoms with Crippen LogP contribution in [0.15, 0.2) is 48.5 Å². The Bertz CT molecular complexity index is 1080. The molecule has 0 saturated carbocycles. The van der Waals surface area contributed by atoms with E-state index in [1.165, 1.54) is 16.0 Å². The highest BCUT2D eigenvalue weighted by atomic mass is 32.1. The monoisotopic (exact) mass is 423 g/mol. The first-order valence-corrected chi connectivity index (χ1v) is 11.3. The van der Waals surface area contributed by atoms with Gasteiger partial charge in [0.1, 0.15) is 5.01 Å². The number of carbonyl (C=O) groups excluding carboxylic acids is 1. The summed E-state index contributed by atoms with van der Waals surface area (Å²) in [4.78, 5) is 26.3. The van der Waals surface area contributed by atoms with Crippen molar-refractivity contribution in [1.29, 1.82) is 0 Å². The molecule has 1 saturated heterocycles. The second-order valence-corrected chi connectivity index (χ2v) is 9.31. The normalized spacial score (nSPS) is 15.9. The van der Waals surface area contributed by atoms with Crippen LogP contribution >= 0.6 is 22.7 Å². The van der Waals surface area contributed by atoms with Crippen LogP contribution in [0.4, 0.5) is 5.13 Å². The molecule has 6 nitrogen and oxygen atoms in total. The van der Waals surface area contributed by atoms with Crippen molar-refractivity contribution in [2.45, 2.75) is 6.54 Å². The van der Waals surface area contributed by atoms with Gasteiger partial charge in [-0.3, -0.25) is 14.6 Å². The van der Waals surface area contributed by atoms with Gasteiger partial charge in [0.2, 0.25) is 5.91 Å². The molecule has 148 valence electrons. The number of carbonyl (C=O) groups is 1. The molecule has 0 unspecified atom stereocenters. The zero-order valence-electron chi connectivity index (χ0n) is 15.9. The van der Waals surface area contributed by atoms with Gasteiger partial charge in [-0.2, -0.15) is 0 Å². The number of nitrogens with zero attached hydrogens (tertiary/aromatic N) is 4. The van der Waals surface area contributed by atoms with Crippen molar-refractivity contribution < 1.29 is 4.79 Å². The van der Waals surface area contributed by atoms with Crippen LogP contribution in [0.5, 0.6) is 0 Å². The number of rotatable bonds is 5. The molecule has 1 aliphatic rings. The summed E-state index contributed by atoms with van der Waals surface area (Å²) >= 11 is 3.28. The predicted molar refractivity (Wildman–Crippen MR) is 120 cm³/mol. The molecule has 0 aliphatic carbocycles. The van der Waals surface area contributed by atoms with Crippen LogP contribution in [0, 0.1) is 0 Å². The number of amides is 1. The van der Waals surface area contributed by atoms with Gasteiger partial charge in [0, 0.05) is 26.2 Å². The Morgan fingerprint density at radius 2 is 1.48 bits per heavy atom. The average molecular weight is 424 g/mol. The van der Waals surface area contributed by atoms with E-state index in [0.717, 1.165) is 53.5 Å². The molecule has 0 radical (unpaired) electrons. The molecule has 0 spiro atoms. The fraction of sp³-hybridized carbons (Fsp3) is 0.286. The quantitative estimate of drug-likeness (QED) is 0.531. The molecule has 1 aliphatic heterocycles. The number of thiazole rings is 2. The van der Waals surface area contributed by atoms with Crippen molar-refractivity contribution >= 4 is 54.1 Å². The summed E-state index contributed by atoms with van der Waals surface area (Å²) in [6.07, 6.45) is 0. The van der Waals surface area contributed by atoms with E-state index in [0.29, 0.717) is 11.7 Å². The number of hydrogen-bond donors (Lipinski definition) is 1. The smallest absolute Gasteiger partial charge is 0.240 e. The molecular formula is C21H21N5OS2. The van der Waals surface area contributed by atoms with Crippen molar-refractivity contribution in [3.63, 3.8) is 0 Å². The topological polar surface area (TPSA) is 61.4 Å². The lowest BCUT2D eigenvalue weighted by atomic mass is 10.3. The molecule has 2 aromatic carbocycles. The average Bonchev–Trinajstić information content (AvgIpc) is 3.31. The Morgan fingerprint density at radius 3 is 2.17 bits per heavy atom. The standard InChI is InChI=1S/C21H21N5OS2/c27-19(24-21-23-16-6-2-4-8-18(16)29-21)13-25-9-11-26(12-10-25)14-20-22-15-5-1-3-7-17(15)28-20/h1-8H,9-14H2,(H,23,24,27). The van der Waals surface area contributed by atoms with Crippen LogP contribution in [0.25, 0.3) is 20.4 Å². The number of anilines is 1. The minimum atomic E-state index is 0.00341. The molecule has 1 N–H and O–H groups in total. The van der Waals surface area contributed by atoms with Gasteiger partial charge in [-0.05, 0) is 24.3 Å². The fourth-order valence-electron chi connectivity index (χ4n) is 3.57. The number of fused-ring (bicyclic) bond motifs is 2. The van der Waals surface area contributed by atoms with E-state index in [-0.39, 0.29) is 5.91 Å². The first-order chi connectivity index (χ1) is 14.2. The van der Waals surface area contributed by atoms with Gasteiger partial charge in [0.15, 0.2) is 5.13 Å². The maximum absolute atomic E-state index is 12.4. The van der Waals surface area contributed by atoms with Crippen LogP contribution in [0.1, 0.15) is 5.01 Å². The van der Waals surface area contributed by atoms with Crippen molar-refractivity contribution in [2.75, 3.05) is 38.0 Å². The third-order valence-electron chi connectivity index (χ3n) is 5.07. The Balaban J connectivity index is 1.12. The van der Waals surface area contributed by atoms with Crippen molar-refractivity contribution in [3.8, 4) is 0 Å². The van der Waals surface area contributed by atoms with Gasteiger partial charge in [-0.1, -0.05) is 35.6 Å². The molecule has 0 bridgehead atoms. The molecule has 0 atom stereocenters. The first-order valence-electron chi connectivity index (χ1n) is 9.67. The molecule has 2 aromatic heterocycles. The van der Waals surface area contributed by atoms with Crippen LogP contribution in [-0.4, -0.2) is 58.4 Å². The van der Waals surface area contributed by atoms with E-state index in [9.17, 15) is 4.79 Å². The van der Waals surface area contributed by atoms with Crippen LogP contribution in [-0.2, 0) is 11.3 Å². The summed E-state index contributed by atoms with van der Waals surface area (Å²) < 4.78 is 2.33. The maximum Gasteiger partial charge on any atom is 0.240 e. The summed E-state index contributed by atoms with van der Waals surface area (Å²) in [5, 5.41) is 4.78. The van der Waals surface area contributed by atoms with E-state index < -0.39 is 0 Å². The maximum atomic E-state index is 12.4. The lowest BCUT2D eigenvalue weighted by molar-refractivity contribution is -0.117. The summed E-state index contributed by atoms with van der Waals surface area (Å²) in [5.74, 6) is 0.00341. The Morgan fingerprint density at radius 1 is 0.862 bits per heavy atom. The van der Waals surface area contributed by atoms with Crippen LogP contribution in [0.2, 0.25) is 0 Å². The largest absolute Gasteiger partial charge is 0.301 e. The third-order valence-corrected chi connectivity index (χ3v) is 7.04. The Kier molecular flexibility index (Phi) is 5.24. The summed E-state index contributed by atoms with van der Waals surface area (Å²) in [5.41, 5.74) is 2.01. The molecule has 3 heterocycles. The van der Waals surface area contributed by atoms with Crippen molar-refractivity contribution in [1.82, 2.24) is 19.8 Å².